The van der Waals surface area contributed by atoms with Crippen LogP contribution in [0.3, 0.4) is 0 Å². The SMILES string of the molecule is CCc1cc2c(N3CCN(CCO)CC3C)nc(C)nc2s1. The van der Waals surface area contributed by atoms with Gasteiger partial charge < -0.3 is 10.0 Å². The van der Waals surface area contributed by atoms with Crippen LogP contribution >= 0.6 is 11.3 Å². The molecule has 0 amide bonds. The van der Waals surface area contributed by atoms with Crippen LogP contribution in [-0.2, 0) is 6.42 Å². The minimum Gasteiger partial charge on any atom is -0.395 e. The van der Waals surface area contributed by atoms with Crippen LogP contribution in [0.25, 0.3) is 10.2 Å². The van der Waals surface area contributed by atoms with Gasteiger partial charge in [0.15, 0.2) is 0 Å². The molecule has 0 aliphatic carbocycles. The summed E-state index contributed by atoms with van der Waals surface area (Å²) < 4.78 is 0. The van der Waals surface area contributed by atoms with Crippen molar-refractivity contribution in [3.63, 3.8) is 0 Å². The second-order valence-electron chi connectivity index (χ2n) is 5.95. The number of aryl methyl sites for hydroxylation is 2. The number of aliphatic hydroxyl groups excluding tert-OH is 1. The first-order valence-corrected chi connectivity index (χ1v) is 8.81. The number of hydrogen-bond donors (Lipinski definition) is 1. The standard InChI is InChI=1S/C16H24N4OS/c1-4-13-9-14-15(17-12(3)18-16(14)22-13)20-6-5-19(7-8-21)10-11(20)2/h9,11,21H,4-8,10H2,1-3H3. The van der Waals surface area contributed by atoms with Crippen LogP contribution in [0.1, 0.15) is 24.5 Å². The van der Waals surface area contributed by atoms with E-state index in [0.717, 1.165) is 49.1 Å². The average molecular weight is 320 g/mol. The van der Waals surface area contributed by atoms with E-state index in [-0.39, 0.29) is 6.61 Å². The summed E-state index contributed by atoms with van der Waals surface area (Å²) in [5, 5.41) is 10.3. The number of thiophene rings is 1. The Morgan fingerprint density at radius 3 is 2.86 bits per heavy atom. The van der Waals surface area contributed by atoms with Gasteiger partial charge in [-0.1, -0.05) is 6.92 Å². The molecule has 1 aliphatic heterocycles. The smallest absolute Gasteiger partial charge is 0.141 e. The molecule has 22 heavy (non-hydrogen) atoms. The number of rotatable bonds is 4. The first kappa shape index (κ1) is 15.6. The van der Waals surface area contributed by atoms with E-state index >= 15 is 0 Å². The predicted octanol–water partition coefficient (Wildman–Crippen LogP) is 2.06. The van der Waals surface area contributed by atoms with Crippen molar-refractivity contribution in [1.29, 1.82) is 0 Å². The zero-order valence-electron chi connectivity index (χ0n) is 13.5. The Morgan fingerprint density at radius 1 is 1.36 bits per heavy atom. The maximum absolute atomic E-state index is 9.12. The minimum absolute atomic E-state index is 0.230. The summed E-state index contributed by atoms with van der Waals surface area (Å²) >= 11 is 1.78. The Morgan fingerprint density at radius 2 is 2.18 bits per heavy atom. The van der Waals surface area contributed by atoms with Gasteiger partial charge in [0.25, 0.3) is 0 Å². The van der Waals surface area contributed by atoms with Crippen molar-refractivity contribution in [2.45, 2.75) is 33.2 Å². The highest BCUT2D eigenvalue weighted by atomic mass is 32.1. The summed E-state index contributed by atoms with van der Waals surface area (Å²) in [6, 6.07) is 2.64. The molecule has 1 atom stereocenters. The Labute approximate surface area is 135 Å². The van der Waals surface area contributed by atoms with Crippen LogP contribution in [0.15, 0.2) is 6.07 Å². The van der Waals surface area contributed by atoms with Gasteiger partial charge in [-0.2, -0.15) is 0 Å². The molecule has 1 N–H and O–H groups in total. The van der Waals surface area contributed by atoms with E-state index in [1.54, 1.807) is 11.3 Å². The number of fused-ring (bicyclic) bond motifs is 1. The molecule has 0 spiro atoms. The number of anilines is 1. The van der Waals surface area contributed by atoms with Gasteiger partial charge in [0.05, 0.1) is 12.0 Å². The number of aromatic nitrogens is 2. The summed E-state index contributed by atoms with van der Waals surface area (Å²) in [6.07, 6.45) is 1.04. The molecule has 5 nitrogen and oxygen atoms in total. The van der Waals surface area contributed by atoms with E-state index in [1.807, 2.05) is 6.92 Å². The Kier molecular flexibility index (Phi) is 4.61. The molecule has 2 aromatic heterocycles. The number of hydrogen-bond acceptors (Lipinski definition) is 6. The summed E-state index contributed by atoms with van der Waals surface area (Å²) in [4.78, 5) is 16.5. The highest BCUT2D eigenvalue weighted by Gasteiger charge is 2.26. The third kappa shape index (κ3) is 2.95. The summed E-state index contributed by atoms with van der Waals surface area (Å²) in [7, 11) is 0. The first-order valence-electron chi connectivity index (χ1n) is 7.99. The second-order valence-corrected chi connectivity index (χ2v) is 7.06. The molecule has 1 unspecified atom stereocenters. The zero-order valence-corrected chi connectivity index (χ0v) is 14.4. The van der Waals surface area contributed by atoms with Crippen LogP contribution in [0.4, 0.5) is 5.82 Å². The van der Waals surface area contributed by atoms with E-state index in [0.29, 0.717) is 6.04 Å². The Bertz CT molecular complexity index is 657. The average Bonchev–Trinajstić information content (AvgIpc) is 2.90. The Balaban J connectivity index is 1.94. The summed E-state index contributed by atoms with van der Waals surface area (Å²) in [5.74, 6) is 1.92. The molecule has 0 aromatic carbocycles. The van der Waals surface area contributed by atoms with Gasteiger partial charge in [-0.3, -0.25) is 4.90 Å². The molecule has 0 radical (unpaired) electrons. The largest absolute Gasteiger partial charge is 0.395 e. The third-order valence-corrected chi connectivity index (χ3v) is 5.46. The lowest BCUT2D eigenvalue weighted by Gasteiger charge is -2.40. The molecule has 0 bridgehead atoms. The molecule has 120 valence electrons. The lowest BCUT2D eigenvalue weighted by molar-refractivity contribution is 0.173. The van der Waals surface area contributed by atoms with Crippen molar-refractivity contribution in [2.75, 3.05) is 37.7 Å². The fraction of sp³-hybridized carbons (Fsp3) is 0.625. The molecule has 2 aromatic rings. The second kappa shape index (κ2) is 6.48. The molecule has 3 heterocycles. The molecular weight excluding hydrogens is 296 g/mol. The van der Waals surface area contributed by atoms with Crippen molar-refractivity contribution in [1.82, 2.24) is 14.9 Å². The summed E-state index contributed by atoms with van der Waals surface area (Å²) in [6.45, 7) is 10.3. The topological polar surface area (TPSA) is 52.5 Å². The van der Waals surface area contributed by atoms with Crippen molar-refractivity contribution < 1.29 is 5.11 Å². The monoisotopic (exact) mass is 320 g/mol. The molecule has 1 fully saturated rings. The summed E-state index contributed by atoms with van der Waals surface area (Å²) in [5.41, 5.74) is 0. The van der Waals surface area contributed by atoms with E-state index in [4.69, 9.17) is 10.1 Å². The van der Waals surface area contributed by atoms with Crippen molar-refractivity contribution in [3.8, 4) is 0 Å². The van der Waals surface area contributed by atoms with Crippen LogP contribution < -0.4 is 4.90 Å². The van der Waals surface area contributed by atoms with Gasteiger partial charge in [-0.15, -0.1) is 11.3 Å². The third-order valence-electron chi connectivity index (χ3n) is 4.28. The normalized spacial score (nSPS) is 20.0. The molecular formula is C16H24N4OS. The highest BCUT2D eigenvalue weighted by molar-refractivity contribution is 7.18. The van der Waals surface area contributed by atoms with Crippen molar-refractivity contribution in [2.24, 2.45) is 0 Å². The lowest BCUT2D eigenvalue weighted by atomic mass is 10.1. The van der Waals surface area contributed by atoms with Crippen LogP contribution in [0.5, 0.6) is 0 Å². The number of piperazine rings is 1. The Hall–Kier alpha value is -1.24. The van der Waals surface area contributed by atoms with Crippen LogP contribution in [0.2, 0.25) is 0 Å². The van der Waals surface area contributed by atoms with Gasteiger partial charge in [0.1, 0.15) is 16.5 Å². The van der Waals surface area contributed by atoms with Gasteiger partial charge in [0.2, 0.25) is 0 Å². The number of aliphatic hydroxyl groups is 1. The first-order chi connectivity index (χ1) is 10.6. The van der Waals surface area contributed by atoms with Gasteiger partial charge >= 0.3 is 0 Å². The zero-order chi connectivity index (χ0) is 15.7. The number of nitrogens with zero attached hydrogens (tertiary/aromatic N) is 4. The quantitative estimate of drug-likeness (QED) is 0.934. The van der Waals surface area contributed by atoms with E-state index in [9.17, 15) is 0 Å². The van der Waals surface area contributed by atoms with Crippen LogP contribution in [0, 0.1) is 6.92 Å². The van der Waals surface area contributed by atoms with Crippen LogP contribution in [-0.4, -0.2) is 58.8 Å². The van der Waals surface area contributed by atoms with E-state index < -0.39 is 0 Å². The molecule has 6 heteroatoms. The molecule has 0 saturated carbocycles. The van der Waals surface area contributed by atoms with E-state index in [2.05, 4.69) is 34.7 Å². The highest BCUT2D eigenvalue weighted by Crippen LogP contribution is 2.32. The maximum Gasteiger partial charge on any atom is 0.141 e. The minimum atomic E-state index is 0.230. The molecule has 3 rings (SSSR count). The van der Waals surface area contributed by atoms with Crippen molar-refractivity contribution in [3.05, 3.63) is 16.8 Å². The predicted molar refractivity (Wildman–Crippen MR) is 91.9 cm³/mol. The van der Waals surface area contributed by atoms with Gasteiger partial charge in [-0.05, 0) is 26.3 Å². The molecule has 1 saturated heterocycles. The van der Waals surface area contributed by atoms with E-state index in [1.165, 1.54) is 10.3 Å². The van der Waals surface area contributed by atoms with Gasteiger partial charge in [0, 0.05) is 37.1 Å². The maximum atomic E-state index is 9.12. The van der Waals surface area contributed by atoms with Gasteiger partial charge in [-0.25, -0.2) is 9.97 Å². The number of β-amino-alcohol motifs (C(OH)–C–C–N with tert-alkyl or cyclic N) is 1. The lowest BCUT2D eigenvalue weighted by Crippen LogP contribution is -2.52. The fourth-order valence-corrected chi connectivity index (χ4v) is 4.15. The fourth-order valence-electron chi connectivity index (χ4n) is 3.15. The van der Waals surface area contributed by atoms with Crippen molar-refractivity contribution >= 4 is 27.4 Å². The molecule has 1 aliphatic rings.